The Hall–Kier alpha value is -2.62. The van der Waals surface area contributed by atoms with Crippen LogP contribution in [0.3, 0.4) is 0 Å². The topological polar surface area (TPSA) is 52.6 Å². The molecule has 0 saturated heterocycles. The molecule has 2 aromatic rings. The molecule has 3 aliphatic carbocycles. The molecule has 186 valence electrons. The normalized spacial score (nSPS) is 36.4. The number of benzene rings is 2. The van der Waals surface area contributed by atoms with Crippen LogP contribution in [-0.4, -0.2) is 24.1 Å². The van der Waals surface area contributed by atoms with E-state index in [2.05, 4.69) is 20.8 Å². The number of rotatable bonds is 4. The number of esters is 2. The molecule has 0 aliphatic heterocycles. The van der Waals surface area contributed by atoms with Gasteiger partial charge in [0, 0.05) is 0 Å². The van der Waals surface area contributed by atoms with Crippen LogP contribution in [-0.2, 0) is 9.47 Å². The molecule has 7 atom stereocenters. The Morgan fingerprint density at radius 2 is 1.31 bits per heavy atom. The van der Waals surface area contributed by atoms with Gasteiger partial charge in [0.25, 0.3) is 0 Å². The van der Waals surface area contributed by atoms with Crippen molar-refractivity contribution in [2.75, 3.05) is 0 Å². The summed E-state index contributed by atoms with van der Waals surface area (Å²) in [5.74, 6) is 1.03. The van der Waals surface area contributed by atoms with Crippen LogP contribution in [0.15, 0.2) is 60.7 Å². The van der Waals surface area contributed by atoms with E-state index in [1.165, 1.54) is 0 Å². The van der Waals surface area contributed by atoms with Crippen molar-refractivity contribution in [2.45, 2.75) is 77.9 Å². The molecular formula is C31H38O4. The molecule has 0 N–H and O–H groups in total. The third-order valence-corrected chi connectivity index (χ3v) is 10.1. The minimum absolute atomic E-state index is 0.00141. The van der Waals surface area contributed by atoms with E-state index < -0.39 is 0 Å². The number of ether oxygens (including phenoxy) is 2. The van der Waals surface area contributed by atoms with Crippen molar-refractivity contribution in [3.63, 3.8) is 0 Å². The van der Waals surface area contributed by atoms with Crippen LogP contribution < -0.4 is 0 Å². The SMILES string of the molecule is C[C@@H]1[C@@H](OC(=O)c2ccccc2)CC[C@]2(C)[C@H]1CC[C@@H]1C[C@H](OC(=O)c3ccccc3)CC[C@@]12C. The first-order valence-electron chi connectivity index (χ1n) is 13.3. The summed E-state index contributed by atoms with van der Waals surface area (Å²) in [7, 11) is 0. The van der Waals surface area contributed by atoms with Gasteiger partial charge in [0.05, 0.1) is 11.1 Å². The summed E-state index contributed by atoms with van der Waals surface area (Å²) in [6, 6.07) is 18.7. The van der Waals surface area contributed by atoms with Crippen molar-refractivity contribution in [1.29, 1.82) is 0 Å². The van der Waals surface area contributed by atoms with Crippen molar-refractivity contribution >= 4 is 11.9 Å². The lowest BCUT2D eigenvalue weighted by Crippen LogP contribution is -2.59. The van der Waals surface area contributed by atoms with Crippen molar-refractivity contribution in [3.8, 4) is 0 Å². The quantitative estimate of drug-likeness (QED) is 0.444. The highest BCUT2D eigenvalue weighted by Gasteiger charge is 2.61. The monoisotopic (exact) mass is 474 g/mol. The highest BCUT2D eigenvalue weighted by atomic mass is 16.5. The van der Waals surface area contributed by atoms with Crippen molar-refractivity contribution in [2.24, 2.45) is 28.6 Å². The van der Waals surface area contributed by atoms with Crippen molar-refractivity contribution in [3.05, 3.63) is 71.8 Å². The third kappa shape index (κ3) is 4.30. The van der Waals surface area contributed by atoms with Gasteiger partial charge in [-0.1, -0.05) is 57.2 Å². The van der Waals surface area contributed by atoms with Crippen LogP contribution in [0.4, 0.5) is 0 Å². The molecular weight excluding hydrogens is 436 g/mol. The first kappa shape index (κ1) is 24.1. The van der Waals surface area contributed by atoms with Crippen LogP contribution in [0.5, 0.6) is 0 Å². The largest absolute Gasteiger partial charge is 0.459 e. The fourth-order valence-corrected chi connectivity index (χ4v) is 7.80. The molecule has 4 nitrogen and oxygen atoms in total. The maximum Gasteiger partial charge on any atom is 0.338 e. The number of carbonyl (C=O) groups is 2. The molecule has 0 spiro atoms. The van der Waals surface area contributed by atoms with Gasteiger partial charge >= 0.3 is 11.9 Å². The Morgan fingerprint density at radius 1 is 0.743 bits per heavy atom. The Kier molecular flexibility index (Phi) is 6.50. The molecule has 0 unspecified atom stereocenters. The van der Waals surface area contributed by atoms with E-state index in [0.29, 0.717) is 28.9 Å². The minimum Gasteiger partial charge on any atom is -0.459 e. The molecule has 0 amide bonds. The lowest BCUT2D eigenvalue weighted by molar-refractivity contribution is -0.178. The second-order valence-corrected chi connectivity index (χ2v) is 11.6. The first-order chi connectivity index (χ1) is 16.8. The molecule has 0 radical (unpaired) electrons. The van der Waals surface area contributed by atoms with Gasteiger partial charge in [0.1, 0.15) is 12.2 Å². The Morgan fingerprint density at radius 3 is 1.94 bits per heavy atom. The average Bonchev–Trinajstić information content (AvgIpc) is 2.88. The number of hydrogen-bond acceptors (Lipinski definition) is 4. The van der Waals surface area contributed by atoms with Crippen LogP contribution in [0.25, 0.3) is 0 Å². The fourth-order valence-electron chi connectivity index (χ4n) is 7.80. The highest BCUT2D eigenvalue weighted by Crippen LogP contribution is 2.67. The van der Waals surface area contributed by atoms with E-state index in [1.807, 2.05) is 60.7 Å². The van der Waals surface area contributed by atoms with Crippen molar-refractivity contribution < 1.29 is 19.1 Å². The van der Waals surface area contributed by atoms with Gasteiger partial charge in [-0.15, -0.1) is 0 Å². The zero-order valence-corrected chi connectivity index (χ0v) is 21.2. The summed E-state index contributed by atoms with van der Waals surface area (Å²) in [5, 5.41) is 0. The number of fused-ring (bicyclic) bond motifs is 3. The number of hydrogen-bond donors (Lipinski definition) is 0. The fraction of sp³-hybridized carbons (Fsp3) is 0.548. The van der Waals surface area contributed by atoms with Crippen LogP contribution in [0.1, 0.15) is 86.4 Å². The predicted octanol–water partition coefficient (Wildman–Crippen LogP) is 7.09. The molecule has 3 fully saturated rings. The Balaban J connectivity index is 1.25. The van der Waals surface area contributed by atoms with Gasteiger partial charge in [-0.25, -0.2) is 9.59 Å². The Labute approximate surface area is 209 Å². The summed E-state index contributed by atoms with van der Waals surface area (Å²) in [4.78, 5) is 25.4. The van der Waals surface area contributed by atoms with Crippen LogP contribution in [0, 0.1) is 28.6 Å². The van der Waals surface area contributed by atoms with E-state index in [9.17, 15) is 9.59 Å². The van der Waals surface area contributed by atoms with Gasteiger partial charge in [0.15, 0.2) is 0 Å². The molecule has 5 rings (SSSR count). The maximum atomic E-state index is 12.8. The molecule has 4 heteroatoms. The van der Waals surface area contributed by atoms with Gasteiger partial charge in [-0.05, 0) is 97.8 Å². The summed E-state index contributed by atoms with van der Waals surface area (Å²) in [6.07, 6.45) is 7.24. The molecule has 0 bridgehead atoms. The Bertz CT molecular complexity index is 1050. The summed E-state index contributed by atoms with van der Waals surface area (Å²) in [5.41, 5.74) is 1.69. The van der Waals surface area contributed by atoms with E-state index in [1.54, 1.807) is 0 Å². The molecule has 3 saturated carbocycles. The second-order valence-electron chi connectivity index (χ2n) is 11.6. The second kappa shape index (κ2) is 9.44. The lowest BCUT2D eigenvalue weighted by atomic mass is 9.41. The van der Waals surface area contributed by atoms with Gasteiger partial charge in [-0.3, -0.25) is 0 Å². The lowest BCUT2D eigenvalue weighted by Gasteiger charge is -2.65. The summed E-state index contributed by atoms with van der Waals surface area (Å²) in [6.45, 7) is 7.27. The smallest absolute Gasteiger partial charge is 0.338 e. The van der Waals surface area contributed by atoms with E-state index in [4.69, 9.17) is 9.47 Å². The summed E-state index contributed by atoms with van der Waals surface area (Å²) >= 11 is 0. The molecule has 0 aromatic heterocycles. The molecule has 0 heterocycles. The van der Waals surface area contributed by atoms with E-state index in [0.717, 1.165) is 44.9 Å². The third-order valence-electron chi connectivity index (χ3n) is 10.1. The highest BCUT2D eigenvalue weighted by molar-refractivity contribution is 5.89. The van der Waals surface area contributed by atoms with E-state index >= 15 is 0 Å². The minimum atomic E-state index is -0.202. The molecule has 35 heavy (non-hydrogen) atoms. The number of carbonyl (C=O) groups excluding carboxylic acids is 2. The van der Waals surface area contributed by atoms with Gasteiger partial charge in [-0.2, -0.15) is 0 Å². The zero-order chi connectivity index (χ0) is 24.6. The molecule has 3 aliphatic rings. The average molecular weight is 475 g/mol. The van der Waals surface area contributed by atoms with Gasteiger partial charge < -0.3 is 9.47 Å². The zero-order valence-electron chi connectivity index (χ0n) is 21.2. The maximum absolute atomic E-state index is 12.8. The first-order valence-corrected chi connectivity index (χ1v) is 13.3. The van der Waals surface area contributed by atoms with E-state index in [-0.39, 0.29) is 35.0 Å². The summed E-state index contributed by atoms with van der Waals surface area (Å²) < 4.78 is 12.0. The van der Waals surface area contributed by atoms with Crippen molar-refractivity contribution in [1.82, 2.24) is 0 Å². The standard InChI is InChI=1S/C31H38O4/c1-21-26-15-14-24-20-25(34-28(32)22-10-6-4-7-11-22)16-18-30(24,2)31(26,3)19-17-27(21)35-29(33)23-12-8-5-9-13-23/h4-13,21,24-27H,14-20H2,1-3H3/t21-,24+,25+,26-,27-,30-,31+/m0/s1. The van der Waals surface area contributed by atoms with Crippen LogP contribution in [0.2, 0.25) is 0 Å². The van der Waals surface area contributed by atoms with Gasteiger partial charge in [0.2, 0.25) is 0 Å². The predicted molar refractivity (Wildman–Crippen MR) is 136 cm³/mol. The van der Waals surface area contributed by atoms with Crippen LogP contribution >= 0.6 is 0 Å². The molecule has 2 aromatic carbocycles.